The molecule has 0 fully saturated rings. The second-order valence-electron chi connectivity index (χ2n) is 3.43. The van der Waals surface area contributed by atoms with Gasteiger partial charge in [-0.3, -0.25) is 5.32 Å². The molecule has 0 bridgehead atoms. The highest BCUT2D eigenvalue weighted by atomic mass is 35.5. The quantitative estimate of drug-likeness (QED) is 0.569. The lowest BCUT2D eigenvalue weighted by Crippen LogP contribution is -2.37. The number of ether oxygens (including phenoxy) is 1. The Morgan fingerprint density at radius 2 is 2.33 bits per heavy atom. The first-order valence-electron chi connectivity index (χ1n) is 4.56. The van der Waals surface area contributed by atoms with Gasteiger partial charge < -0.3 is 9.84 Å². The van der Waals surface area contributed by atoms with Gasteiger partial charge >= 0.3 is 0 Å². The zero-order valence-electron chi connectivity index (χ0n) is 8.13. The SMILES string of the molecule is COc1cc2c(cc1F)C(Cl)NC(O)C2. The minimum absolute atomic E-state index is 0.173. The van der Waals surface area contributed by atoms with Gasteiger partial charge in [0.15, 0.2) is 11.6 Å². The van der Waals surface area contributed by atoms with E-state index in [1.54, 1.807) is 6.07 Å². The van der Waals surface area contributed by atoms with Crippen LogP contribution >= 0.6 is 11.6 Å². The summed E-state index contributed by atoms with van der Waals surface area (Å²) in [5.41, 5.74) is 0.893. The van der Waals surface area contributed by atoms with Crippen LogP contribution in [0.1, 0.15) is 16.6 Å². The molecule has 0 aliphatic carbocycles. The number of benzene rings is 1. The van der Waals surface area contributed by atoms with E-state index in [-0.39, 0.29) is 5.75 Å². The summed E-state index contributed by atoms with van der Waals surface area (Å²) in [6.07, 6.45) is -0.301. The van der Waals surface area contributed by atoms with E-state index in [0.29, 0.717) is 12.0 Å². The molecule has 0 amide bonds. The number of hydrogen-bond acceptors (Lipinski definition) is 3. The molecule has 2 atom stereocenters. The lowest BCUT2D eigenvalue weighted by atomic mass is 9.99. The van der Waals surface area contributed by atoms with Crippen LogP contribution in [0.25, 0.3) is 0 Å². The molecule has 2 N–H and O–H groups in total. The van der Waals surface area contributed by atoms with Gasteiger partial charge in [0.05, 0.1) is 7.11 Å². The fourth-order valence-corrected chi connectivity index (χ4v) is 2.05. The smallest absolute Gasteiger partial charge is 0.165 e. The number of nitrogens with one attached hydrogen (secondary N) is 1. The van der Waals surface area contributed by atoms with Gasteiger partial charge in [-0.25, -0.2) is 4.39 Å². The van der Waals surface area contributed by atoms with Crippen LogP contribution in [0.3, 0.4) is 0 Å². The third-order valence-corrected chi connectivity index (χ3v) is 2.80. The zero-order valence-corrected chi connectivity index (χ0v) is 8.88. The van der Waals surface area contributed by atoms with Gasteiger partial charge in [0.25, 0.3) is 0 Å². The van der Waals surface area contributed by atoms with Crippen molar-refractivity contribution >= 4 is 11.6 Å². The summed E-state index contributed by atoms with van der Waals surface area (Å²) in [5.74, 6) is -0.271. The molecule has 5 heteroatoms. The zero-order chi connectivity index (χ0) is 11.0. The minimum Gasteiger partial charge on any atom is -0.494 e. The first-order chi connectivity index (χ1) is 7.11. The first-order valence-corrected chi connectivity index (χ1v) is 5.00. The summed E-state index contributed by atoms with van der Waals surface area (Å²) < 4.78 is 18.2. The molecule has 1 heterocycles. The van der Waals surface area contributed by atoms with Crippen LogP contribution in [0.15, 0.2) is 12.1 Å². The number of aliphatic hydroxyl groups is 1. The summed E-state index contributed by atoms with van der Waals surface area (Å²) >= 11 is 5.93. The van der Waals surface area contributed by atoms with Crippen LogP contribution in [-0.4, -0.2) is 18.4 Å². The van der Waals surface area contributed by atoms with Crippen LogP contribution in [0.2, 0.25) is 0 Å². The van der Waals surface area contributed by atoms with Crippen molar-refractivity contribution in [2.45, 2.75) is 18.1 Å². The van der Waals surface area contributed by atoms with Gasteiger partial charge in [0, 0.05) is 6.42 Å². The average Bonchev–Trinajstić information content (AvgIpc) is 2.18. The molecule has 2 rings (SSSR count). The van der Waals surface area contributed by atoms with Crippen LogP contribution in [0.4, 0.5) is 4.39 Å². The highest BCUT2D eigenvalue weighted by molar-refractivity contribution is 6.20. The van der Waals surface area contributed by atoms with Crippen molar-refractivity contribution in [2.75, 3.05) is 7.11 Å². The summed E-state index contributed by atoms with van der Waals surface area (Å²) in [5, 5.41) is 12.1. The number of hydrogen-bond donors (Lipinski definition) is 2. The Hall–Kier alpha value is -0.840. The molecular formula is C10H11ClFNO2. The molecule has 0 spiro atoms. The van der Waals surface area contributed by atoms with Crippen LogP contribution in [0.5, 0.6) is 5.75 Å². The molecule has 0 saturated carbocycles. The number of alkyl halides is 1. The summed E-state index contributed by atoms with van der Waals surface area (Å²) in [7, 11) is 1.40. The van der Waals surface area contributed by atoms with Crippen molar-refractivity contribution < 1.29 is 14.2 Å². The van der Waals surface area contributed by atoms with Crippen molar-refractivity contribution in [3.63, 3.8) is 0 Å². The highest BCUT2D eigenvalue weighted by Crippen LogP contribution is 2.32. The van der Waals surface area contributed by atoms with E-state index in [4.69, 9.17) is 16.3 Å². The Kier molecular flexibility index (Phi) is 2.82. The Morgan fingerprint density at radius 3 is 3.00 bits per heavy atom. The Bertz CT molecular complexity index is 386. The third-order valence-electron chi connectivity index (χ3n) is 2.44. The second kappa shape index (κ2) is 3.96. The maximum absolute atomic E-state index is 13.4. The third kappa shape index (κ3) is 1.93. The molecule has 82 valence electrons. The minimum atomic E-state index is -0.699. The molecule has 1 aliphatic rings. The van der Waals surface area contributed by atoms with Crippen LogP contribution in [0, 0.1) is 5.82 Å². The van der Waals surface area contributed by atoms with Crippen LogP contribution in [-0.2, 0) is 6.42 Å². The Balaban J connectivity index is 2.47. The number of aliphatic hydroxyl groups excluding tert-OH is 1. The Labute approximate surface area is 91.8 Å². The molecule has 15 heavy (non-hydrogen) atoms. The predicted octanol–water partition coefficient (Wildman–Crippen LogP) is 1.54. The molecular weight excluding hydrogens is 221 g/mol. The maximum atomic E-state index is 13.4. The van der Waals surface area contributed by atoms with E-state index in [1.807, 2.05) is 0 Å². The lowest BCUT2D eigenvalue weighted by Gasteiger charge is -2.27. The normalized spacial score (nSPS) is 24.8. The fourth-order valence-electron chi connectivity index (χ4n) is 1.71. The molecule has 1 aliphatic heterocycles. The van der Waals surface area contributed by atoms with E-state index in [9.17, 15) is 9.50 Å². The molecule has 1 aromatic rings. The maximum Gasteiger partial charge on any atom is 0.165 e. The van der Waals surface area contributed by atoms with Gasteiger partial charge in [-0.05, 0) is 23.3 Å². The molecule has 0 aromatic heterocycles. The Morgan fingerprint density at radius 1 is 1.60 bits per heavy atom. The molecule has 3 nitrogen and oxygen atoms in total. The van der Waals surface area contributed by atoms with Gasteiger partial charge in [-0.1, -0.05) is 0 Å². The number of halogens is 2. The van der Waals surface area contributed by atoms with Crippen molar-refractivity contribution in [1.29, 1.82) is 0 Å². The van der Waals surface area contributed by atoms with E-state index in [2.05, 4.69) is 5.32 Å². The van der Waals surface area contributed by atoms with Crippen molar-refractivity contribution in [1.82, 2.24) is 5.32 Å². The van der Waals surface area contributed by atoms with Crippen molar-refractivity contribution in [3.8, 4) is 5.75 Å². The van der Waals surface area contributed by atoms with Crippen molar-refractivity contribution in [3.05, 3.63) is 29.1 Å². The fraction of sp³-hybridized carbons (Fsp3) is 0.400. The second-order valence-corrected chi connectivity index (χ2v) is 3.87. The first kappa shape index (κ1) is 10.7. The standard InChI is InChI=1S/C10H11ClFNO2/c1-15-8-2-5-3-9(14)13-10(11)6(5)4-7(8)12/h2,4,9-10,13-14H,3H2,1H3. The lowest BCUT2D eigenvalue weighted by molar-refractivity contribution is 0.125. The van der Waals surface area contributed by atoms with Crippen LogP contribution < -0.4 is 10.1 Å². The van der Waals surface area contributed by atoms with Gasteiger partial charge in [-0.15, -0.1) is 11.6 Å². The molecule has 1 aromatic carbocycles. The molecule has 2 unspecified atom stereocenters. The van der Waals surface area contributed by atoms with Gasteiger partial charge in [0.1, 0.15) is 11.7 Å². The highest BCUT2D eigenvalue weighted by Gasteiger charge is 2.25. The van der Waals surface area contributed by atoms with E-state index >= 15 is 0 Å². The topological polar surface area (TPSA) is 41.5 Å². The van der Waals surface area contributed by atoms with E-state index in [1.165, 1.54) is 13.2 Å². The van der Waals surface area contributed by atoms with Gasteiger partial charge in [-0.2, -0.15) is 0 Å². The number of rotatable bonds is 1. The molecule has 0 radical (unpaired) electrons. The number of fused-ring (bicyclic) bond motifs is 1. The monoisotopic (exact) mass is 231 g/mol. The molecule has 0 saturated heterocycles. The summed E-state index contributed by atoms with van der Waals surface area (Å²) in [4.78, 5) is 0. The largest absolute Gasteiger partial charge is 0.494 e. The predicted molar refractivity (Wildman–Crippen MR) is 54.4 cm³/mol. The number of methoxy groups -OCH3 is 1. The van der Waals surface area contributed by atoms with Crippen molar-refractivity contribution in [2.24, 2.45) is 0 Å². The summed E-state index contributed by atoms with van der Waals surface area (Å²) in [6, 6.07) is 2.91. The van der Waals surface area contributed by atoms with Gasteiger partial charge in [0.2, 0.25) is 0 Å². The average molecular weight is 232 g/mol. The van der Waals surface area contributed by atoms with E-state index < -0.39 is 17.5 Å². The summed E-state index contributed by atoms with van der Waals surface area (Å²) in [6.45, 7) is 0. The van der Waals surface area contributed by atoms with E-state index in [0.717, 1.165) is 5.56 Å².